The van der Waals surface area contributed by atoms with Gasteiger partial charge >= 0.3 is 0 Å². The zero-order valence-corrected chi connectivity index (χ0v) is 10.8. The highest BCUT2D eigenvalue weighted by Crippen LogP contribution is 2.17. The molecule has 0 atom stereocenters. The molecule has 1 aromatic carbocycles. The summed E-state index contributed by atoms with van der Waals surface area (Å²) in [7, 11) is 0. The van der Waals surface area contributed by atoms with E-state index in [9.17, 15) is 9.59 Å². The Morgan fingerprint density at radius 3 is 2.47 bits per heavy atom. The van der Waals surface area contributed by atoms with E-state index in [0.717, 1.165) is 12.2 Å². The summed E-state index contributed by atoms with van der Waals surface area (Å²) in [5, 5.41) is 5.35. The van der Waals surface area contributed by atoms with E-state index in [1.807, 2.05) is 6.92 Å². The van der Waals surface area contributed by atoms with Crippen LogP contribution in [-0.2, 0) is 4.79 Å². The van der Waals surface area contributed by atoms with Crippen molar-refractivity contribution in [1.82, 2.24) is 0 Å². The molecule has 1 rings (SSSR count). The van der Waals surface area contributed by atoms with Gasteiger partial charge in [0.25, 0.3) is 5.24 Å². The zero-order chi connectivity index (χ0) is 12.7. The molecule has 0 bridgehead atoms. The van der Waals surface area contributed by atoms with Crippen LogP contribution in [0.25, 0.3) is 0 Å². The van der Waals surface area contributed by atoms with Gasteiger partial charge in [-0.1, -0.05) is 24.8 Å². The highest BCUT2D eigenvalue weighted by atomic mass is 32.2. The van der Waals surface area contributed by atoms with Crippen molar-refractivity contribution >= 4 is 34.3 Å². The van der Waals surface area contributed by atoms with E-state index in [4.69, 9.17) is 0 Å². The van der Waals surface area contributed by atoms with Gasteiger partial charge in [-0.15, -0.1) is 0 Å². The lowest BCUT2D eigenvalue weighted by Crippen LogP contribution is -2.08. The van der Waals surface area contributed by atoms with E-state index in [1.165, 1.54) is 18.7 Å². The lowest BCUT2D eigenvalue weighted by atomic mass is 10.3. The SMILES string of the molecule is CCCSC(=O)Nc1cccc(NC(C)=O)c1. The lowest BCUT2D eigenvalue weighted by Gasteiger charge is -2.07. The minimum absolute atomic E-state index is 0.0770. The first-order valence-corrected chi connectivity index (χ1v) is 6.42. The maximum Gasteiger partial charge on any atom is 0.283 e. The molecule has 2 amide bonds. The third kappa shape index (κ3) is 5.40. The first-order valence-electron chi connectivity index (χ1n) is 5.43. The van der Waals surface area contributed by atoms with Crippen molar-refractivity contribution in [3.63, 3.8) is 0 Å². The van der Waals surface area contributed by atoms with Crippen molar-refractivity contribution in [3.8, 4) is 0 Å². The number of carbonyl (C=O) groups excluding carboxylic acids is 2. The molecule has 17 heavy (non-hydrogen) atoms. The summed E-state index contributed by atoms with van der Waals surface area (Å²) in [6.07, 6.45) is 0.962. The van der Waals surface area contributed by atoms with Crippen LogP contribution >= 0.6 is 11.8 Å². The zero-order valence-electron chi connectivity index (χ0n) is 9.95. The highest BCUT2D eigenvalue weighted by molar-refractivity contribution is 8.13. The predicted molar refractivity (Wildman–Crippen MR) is 72.5 cm³/mol. The summed E-state index contributed by atoms with van der Waals surface area (Å²) < 4.78 is 0. The quantitative estimate of drug-likeness (QED) is 0.864. The van der Waals surface area contributed by atoms with Gasteiger partial charge in [0.2, 0.25) is 5.91 Å². The minimum Gasteiger partial charge on any atom is -0.326 e. The third-order valence-electron chi connectivity index (χ3n) is 1.87. The summed E-state index contributed by atoms with van der Waals surface area (Å²) >= 11 is 1.25. The Kier molecular flexibility index (Phi) is 5.56. The Morgan fingerprint density at radius 2 is 1.88 bits per heavy atom. The number of rotatable bonds is 4. The van der Waals surface area contributed by atoms with Crippen LogP contribution in [0, 0.1) is 0 Å². The monoisotopic (exact) mass is 252 g/mol. The van der Waals surface area contributed by atoms with Gasteiger partial charge in [-0.2, -0.15) is 0 Å². The Hall–Kier alpha value is -1.49. The molecule has 2 N–H and O–H groups in total. The van der Waals surface area contributed by atoms with E-state index in [-0.39, 0.29) is 11.1 Å². The summed E-state index contributed by atoms with van der Waals surface area (Å²) in [5.74, 6) is 0.672. The van der Waals surface area contributed by atoms with Gasteiger partial charge in [0.05, 0.1) is 0 Å². The Morgan fingerprint density at radius 1 is 1.24 bits per heavy atom. The van der Waals surface area contributed by atoms with Crippen LogP contribution in [0.1, 0.15) is 20.3 Å². The van der Waals surface area contributed by atoms with Gasteiger partial charge in [0, 0.05) is 24.1 Å². The summed E-state index contributed by atoms with van der Waals surface area (Å²) in [5.41, 5.74) is 1.36. The first kappa shape index (κ1) is 13.6. The minimum atomic E-state index is -0.131. The molecule has 1 aromatic rings. The second-order valence-corrected chi connectivity index (χ2v) is 4.59. The maximum absolute atomic E-state index is 11.5. The smallest absolute Gasteiger partial charge is 0.283 e. The van der Waals surface area contributed by atoms with Gasteiger partial charge in [0.15, 0.2) is 0 Å². The van der Waals surface area contributed by atoms with E-state index >= 15 is 0 Å². The standard InChI is InChI=1S/C12H16N2O2S/c1-3-7-17-12(16)14-11-6-4-5-10(8-11)13-9(2)15/h4-6,8H,3,7H2,1-2H3,(H,13,15)(H,14,16). The van der Waals surface area contributed by atoms with Crippen molar-refractivity contribution in [2.45, 2.75) is 20.3 Å². The number of benzene rings is 1. The molecular weight excluding hydrogens is 236 g/mol. The summed E-state index contributed by atoms with van der Waals surface area (Å²) in [6.45, 7) is 3.47. The van der Waals surface area contributed by atoms with Gasteiger partial charge < -0.3 is 10.6 Å². The van der Waals surface area contributed by atoms with Gasteiger partial charge in [-0.3, -0.25) is 9.59 Å². The topological polar surface area (TPSA) is 58.2 Å². The molecular formula is C12H16N2O2S. The average Bonchev–Trinajstić information content (AvgIpc) is 2.26. The molecule has 92 valence electrons. The Balaban J connectivity index is 2.59. The van der Waals surface area contributed by atoms with Crippen LogP contribution < -0.4 is 10.6 Å². The van der Waals surface area contributed by atoms with E-state index in [0.29, 0.717) is 11.4 Å². The van der Waals surface area contributed by atoms with Crippen LogP contribution in [0.3, 0.4) is 0 Å². The fourth-order valence-corrected chi connectivity index (χ4v) is 1.81. The van der Waals surface area contributed by atoms with E-state index in [1.54, 1.807) is 24.3 Å². The predicted octanol–water partition coefficient (Wildman–Crippen LogP) is 3.32. The molecule has 0 unspecified atom stereocenters. The summed E-state index contributed by atoms with van der Waals surface area (Å²) in [6, 6.07) is 7.07. The van der Waals surface area contributed by atoms with Crippen molar-refractivity contribution < 1.29 is 9.59 Å². The maximum atomic E-state index is 11.5. The molecule has 0 aromatic heterocycles. The van der Waals surface area contributed by atoms with Gasteiger partial charge in [0.1, 0.15) is 0 Å². The van der Waals surface area contributed by atoms with Crippen LogP contribution in [-0.4, -0.2) is 16.9 Å². The normalized spacial score (nSPS) is 9.76. The third-order valence-corrected chi connectivity index (χ3v) is 2.84. The van der Waals surface area contributed by atoms with Crippen LogP contribution in [0.2, 0.25) is 0 Å². The van der Waals surface area contributed by atoms with Crippen LogP contribution in [0.4, 0.5) is 16.2 Å². The van der Waals surface area contributed by atoms with E-state index < -0.39 is 0 Å². The second-order valence-electron chi connectivity index (χ2n) is 3.52. The number of carbonyl (C=O) groups is 2. The molecule has 4 nitrogen and oxygen atoms in total. The Labute approximate surface area is 105 Å². The van der Waals surface area contributed by atoms with Crippen molar-refractivity contribution in [2.75, 3.05) is 16.4 Å². The fourth-order valence-electron chi connectivity index (χ4n) is 1.23. The molecule has 5 heteroatoms. The average molecular weight is 252 g/mol. The number of nitrogens with one attached hydrogen (secondary N) is 2. The highest BCUT2D eigenvalue weighted by Gasteiger charge is 2.03. The summed E-state index contributed by atoms with van der Waals surface area (Å²) in [4.78, 5) is 22.4. The van der Waals surface area contributed by atoms with E-state index in [2.05, 4.69) is 10.6 Å². The first-order chi connectivity index (χ1) is 8.11. The number of hydrogen-bond donors (Lipinski definition) is 2. The molecule has 0 saturated heterocycles. The molecule has 0 heterocycles. The van der Waals surface area contributed by atoms with Gasteiger partial charge in [-0.25, -0.2) is 0 Å². The largest absolute Gasteiger partial charge is 0.326 e. The molecule has 0 aliphatic rings. The number of amides is 2. The molecule has 0 fully saturated rings. The molecule has 0 aliphatic heterocycles. The van der Waals surface area contributed by atoms with Gasteiger partial charge in [-0.05, 0) is 24.6 Å². The number of hydrogen-bond acceptors (Lipinski definition) is 3. The Bertz CT molecular complexity index is 407. The molecule has 0 aliphatic carbocycles. The van der Waals surface area contributed by atoms with Crippen molar-refractivity contribution in [2.24, 2.45) is 0 Å². The molecule has 0 radical (unpaired) electrons. The van der Waals surface area contributed by atoms with Crippen LogP contribution in [0.5, 0.6) is 0 Å². The number of anilines is 2. The number of thioether (sulfide) groups is 1. The van der Waals surface area contributed by atoms with Crippen molar-refractivity contribution in [1.29, 1.82) is 0 Å². The lowest BCUT2D eigenvalue weighted by molar-refractivity contribution is -0.114. The van der Waals surface area contributed by atoms with Crippen LogP contribution in [0.15, 0.2) is 24.3 Å². The van der Waals surface area contributed by atoms with Crippen molar-refractivity contribution in [3.05, 3.63) is 24.3 Å². The molecule has 0 spiro atoms. The second kappa shape index (κ2) is 6.96. The molecule has 0 saturated carbocycles. The fraction of sp³-hybridized carbons (Fsp3) is 0.333.